The van der Waals surface area contributed by atoms with E-state index >= 15 is 0 Å². The van der Waals surface area contributed by atoms with E-state index in [1.807, 2.05) is 36.7 Å². The van der Waals surface area contributed by atoms with Crippen LogP contribution in [-0.4, -0.2) is 4.98 Å². The zero-order valence-electron chi connectivity index (χ0n) is 9.77. The second kappa shape index (κ2) is 6.14. The fourth-order valence-corrected chi connectivity index (χ4v) is 1.90. The molecule has 0 aliphatic heterocycles. The summed E-state index contributed by atoms with van der Waals surface area (Å²) in [7, 11) is 0. The number of aromatic nitrogens is 1. The standard InChI is InChI=1S/C15H16FN/c16-15-8-4-3-7-14(15)6-2-1-5-13-9-11-17-12-10-13/h3-4,7-12H,1-2,5-6H2. The topological polar surface area (TPSA) is 12.9 Å². The minimum Gasteiger partial charge on any atom is -0.265 e. The van der Waals surface area contributed by atoms with Crippen LogP contribution in [0.25, 0.3) is 0 Å². The summed E-state index contributed by atoms with van der Waals surface area (Å²) < 4.78 is 13.3. The first kappa shape index (κ1) is 11.8. The Balaban J connectivity index is 1.76. The Kier molecular flexibility index (Phi) is 4.25. The molecule has 0 radical (unpaired) electrons. The van der Waals surface area contributed by atoms with E-state index in [4.69, 9.17) is 0 Å². The molecule has 2 heteroatoms. The Labute approximate surface area is 101 Å². The molecule has 1 aromatic carbocycles. The third-order valence-electron chi connectivity index (χ3n) is 2.87. The van der Waals surface area contributed by atoms with Gasteiger partial charge in [-0.1, -0.05) is 18.2 Å². The summed E-state index contributed by atoms with van der Waals surface area (Å²) in [5.74, 6) is -0.0867. The van der Waals surface area contributed by atoms with Crippen molar-refractivity contribution in [2.75, 3.05) is 0 Å². The molecule has 0 amide bonds. The molecule has 17 heavy (non-hydrogen) atoms. The number of rotatable bonds is 5. The van der Waals surface area contributed by atoms with Crippen LogP contribution in [0.4, 0.5) is 4.39 Å². The number of aryl methyl sites for hydroxylation is 2. The van der Waals surface area contributed by atoms with E-state index in [2.05, 4.69) is 4.98 Å². The zero-order valence-corrected chi connectivity index (χ0v) is 9.77. The summed E-state index contributed by atoms with van der Waals surface area (Å²) in [6, 6.07) is 11.1. The van der Waals surface area contributed by atoms with Crippen LogP contribution in [0, 0.1) is 5.82 Å². The maximum absolute atomic E-state index is 13.3. The Morgan fingerprint density at radius 1 is 0.882 bits per heavy atom. The van der Waals surface area contributed by atoms with Gasteiger partial charge < -0.3 is 0 Å². The molecule has 1 heterocycles. The van der Waals surface area contributed by atoms with Crippen LogP contribution in [-0.2, 0) is 12.8 Å². The summed E-state index contributed by atoms with van der Waals surface area (Å²) in [5.41, 5.74) is 2.12. The van der Waals surface area contributed by atoms with E-state index in [1.165, 1.54) is 11.6 Å². The van der Waals surface area contributed by atoms with Gasteiger partial charge in [0.2, 0.25) is 0 Å². The van der Waals surface area contributed by atoms with E-state index in [-0.39, 0.29) is 5.82 Å². The molecular formula is C15H16FN. The quantitative estimate of drug-likeness (QED) is 0.711. The number of halogens is 1. The van der Waals surface area contributed by atoms with Crippen molar-refractivity contribution in [2.24, 2.45) is 0 Å². The second-order valence-electron chi connectivity index (χ2n) is 4.15. The molecule has 0 aliphatic rings. The average Bonchev–Trinajstić information content (AvgIpc) is 2.38. The molecule has 0 spiro atoms. The van der Waals surface area contributed by atoms with Crippen LogP contribution in [0.1, 0.15) is 24.0 Å². The van der Waals surface area contributed by atoms with Gasteiger partial charge in [0.1, 0.15) is 5.82 Å². The number of nitrogens with zero attached hydrogens (tertiary/aromatic N) is 1. The van der Waals surface area contributed by atoms with Gasteiger partial charge in [-0.2, -0.15) is 0 Å². The smallest absolute Gasteiger partial charge is 0.126 e. The lowest BCUT2D eigenvalue weighted by Gasteiger charge is -2.03. The number of pyridine rings is 1. The minimum absolute atomic E-state index is 0.0867. The highest BCUT2D eigenvalue weighted by Crippen LogP contribution is 2.11. The van der Waals surface area contributed by atoms with Crippen molar-refractivity contribution in [3.63, 3.8) is 0 Å². The van der Waals surface area contributed by atoms with Gasteiger partial charge in [0.05, 0.1) is 0 Å². The molecule has 0 saturated carbocycles. The van der Waals surface area contributed by atoms with Crippen LogP contribution in [0.15, 0.2) is 48.8 Å². The van der Waals surface area contributed by atoms with E-state index in [0.717, 1.165) is 31.2 Å². The van der Waals surface area contributed by atoms with E-state index in [9.17, 15) is 4.39 Å². The highest BCUT2D eigenvalue weighted by Gasteiger charge is 2.00. The van der Waals surface area contributed by atoms with Crippen molar-refractivity contribution < 1.29 is 4.39 Å². The molecule has 0 bridgehead atoms. The molecule has 0 aliphatic carbocycles. The summed E-state index contributed by atoms with van der Waals surface area (Å²) in [6.45, 7) is 0. The van der Waals surface area contributed by atoms with Gasteiger partial charge in [-0.25, -0.2) is 4.39 Å². The summed E-state index contributed by atoms with van der Waals surface area (Å²) in [4.78, 5) is 3.98. The Hall–Kier alpha value is -1.70. The maximum atomic E-state index is 13.3. The van der Waals surface area contributed by atoms with Crippen molar-refractivity contribution in [3.8, 4) is 0 Å². The number of benzene rings is 1. The molecule has 0 fully saturated rings. The predicted octanol–water partition coefficient (Wildman–Crippen LogP) is 3.79. The maximum Gasteiger partial charge on any atom is 0.126 e. The van der Waals surface area contributed by atoms with Gasteiger partial charge in [0, 0.05) is 12.4 Å². The van der Waals surface area contributed by atoms with Gasteiger partial charge in [0.15, 0.2) is 0 Å². The van der Waals surface area contributed by atoms with E-state index in [0.29, 0.717) is 0 Å². The molecule has 0 atom stereocenters. The van der Waals surface area contributed by atoms with Gasteiger partial charge in [-0.15, -0.1) is 0 Å². The van der Waals surface area contributed by atoms with Gasteiger partial charge in [-0.3, -0.25) is 4.98 Å². The summed E-state index contributed by atoms with van der Waals surface area (Å²) in [5, 5.41) is 0. The molecule has 0 N–H and O–H groups in total. The van der Waals surface area contributed by atoms with Gasteiger partial charge >= 0.3 is 0 Å². The summed E-state index contributed by atoms with van der Waals surface area (Å²) in [6.07, 6.45) is 7.58. The average molecular weight is 229 g/mol. The molecule has 0 unspecified atom stereocenters. The molecule has 2 aromatic rings. The molecule has 1 nitrogen and oxygen atoms in total. The fourth-order valence-electron chi connectivity index (χ4n) is 1.90. The van der Waals surface area contributed by atoms with Crippen LogP contribution in [0.5, 0.6) is 0 Å². The Bertz CT molecular complexity index is 453. The normalized spacial score (nSPS) is 10.4. The lowest BCUT2D eigenvalue weighted by atomic mass is 10.0. The predicted molar refractivity (Wildman–Crippen MR) is 67.3 cm³/mol. The SMILES string of the molecule is Fc1ccccc1CCCCc1ccncc1. The van der Waals surface area contributed by atoms with Crippen molar-refractivity contribution in [1.29, 1.82) is 0 Å². The molecule has 2 rings (SSSR count). The lowest BCUT2D eigenvalue weighted by Crippen LogP contribution is -1.92. The van der Waals surface area contributed by atoms with Crippen molar-refractivity contribution in [3.05, 3.63) is 65.7 Å². The highest BCUT2D eigenvalue weighted by molar-refractivity contribution is 5.17. The zero-order chi connectivity index (χ0) is 11.9. The lowest BCUT2D eigenvalue weighted by molar-refractivity contribution is 0.600. The molecule has 88 valence electrons. The van der Waals surface area contributed by atoms with Gasteiger partial charge in [-0.05, 0) is 55.0 Å². The van der Waals surface area contributed by atoms with Gasteiger partial charge in [0.25, 0.3) is 0 Å². The summed E-state index contributed by atoms with van der Waals surface area (Å²) >= 11 is 0. The minimum atomic E-state index is -0.0867. The number of unbranched alkanes of at least 4 members (excludes halogenated alkanes) is 1. The first-order valence-electron chi connectivity index (χ1n) is 5.98. The van der Waals surface area contributed by atoms with Crippen LogP contribution < -0.4 is 0 Å². The monoisotopic (exact) mass is 229 g/mol. The largest absolute Gasteiger partial charge is 0.265 e. The van der Waals surface area contributed by atoms with E-state index in [1.54, 1.807) is 6.07 Å². The molecular weight excluding hydrogens is 213 g/mol. The first-order chi connectivity index (χ1) is 8.36. The van der Waals surface area contributed by atoms with Crippen molar-refractivity contribution in [1.82, 2.24) is 4.98 Å². The van der Waals surface area contributed by atoms with Crippen LogP contribution >= 0.6 is 0 Å². The Morgan fingerprint density at radius 2 is 1.59 bits per heavy atom. The first-order valence-corrected chi connectivity index (χ1v) is 5.98. The van der Waals surface area contributed by atoms with Crippen LogP contribution in [0.2, 0.25) is 0 Å². The molecule has 1 aromatic heterocycles. The second-order valence-corrected chi connectivity index (χ2v) is 4.15. The highest BCUT2D eigenvalue weighted by atomic mass is 19.1. The Morgan fingerprint density at radius 3 is 2.35 bits per heavy atom. The molecule has 0 saturated heterocycles. The van der Waals surface area contributed by atoms with Crippen LogP contribution in [0.3, 0.4) is 0 Å². The number of hydrogen-bond acceptors (Lipinski definition) is 1. The third-order valence-corrected chi connectivity index (χ3v) is 2.87. The van der Waals surface area contributed by atoms with Crippen molar-refractivity contribution in [2.45, 2.75) is 25.7 Å². The fraction of sp³-hybridized carbons (Fsp3) is 0.267. The third kappa shape index (κ3) is 3.66. The number of hydrogen-bond donors (Lipinski definition) is 0. The van der Waals surface area contributed by atoms with E-state index < -0.39 is 0 Å². The van der Waals surface area contributed by atoms with Crippen molar-refractivity contribution >= 4 is 0 Å².